The van der Waals surface area contributed by atoms with E-state index < -0.39 is 8.32 Å². The minimum absolute atomic E-state index is 0.217. The van der Waals surface area contributed by atoms with Crippen molar-refractivity contribution in [2.24, 2.45) is 0 Å². The van der Waals surface area contributed by atoms with Crippen LogP contribution in [0.3, 0.4) is 0 Å². The van der Waals surface area contributed by atoms with Gasteiger partial charge in [-0.05, 0) is 35.8 Å². The van der Waals surface area contributed by atoms with Crippen molar-refractivity contribution in [3.8, 4) is 5.88 Å². The zero-order chi connectivity index (χ0) is 14.8. The lowest BCUT2D eigenvalue weighted by Crippen LogP contribution is -2.44. The molecule has 0 radical (unpaired) electrons. The summed E-state index contributed by atoms with van der Waals surface area (Å²) < 4.78 is 8.60. The van der Waals surface area contributed by atoms with E-state index in [9.17, 15) is 0 Å². The molecule has 0 saturated carbocycles. The lowest BCUT2D eigenvalue weighted by atomic mass is 10.2. The van der Waals surface area contributed by atoms with E-state index >= 15 is 0 Å². The molecule has 2 nitrogen and oxygen atoms in total. The van der Waals surface area contributed by atoms with Crippen molar-refractivity contribution in [2.45, 2.75) is 45.4 Å². The highest BCUT2D eigenvalue weighted by Gasteiger charge is 2.39. The monoisotopic (exact) mass is 287 g/mol. The minimum Gasteiger partial charge on any atom is -0.532 e. The molecule has 0 spiro atoms. The maximum absolute atomic E-state index is 6.41. The summed E-state index contributed by atoms with van der Waals surface area (Å²) in [7, 11) is -1.78. The summed E-state index contributed by atoms with van der Waals surface area (Å²) in [6.45, 7) is 12.2. The molecular weight excluding hydrogens is 262 g/mol. The van der Waals surface area contributed by atoms with Gasteiger partial charge in [0.05, 0.1) is 6.54 Å². The van der Waals surface area contributed by atoms with Crippen LogP contribution >= 0.6 is 0 Å². The predicted octanol–water partition coefficient (Wildman–Crippen LogP) is 4.92. The van der Waals surface area contributed by atoms with Gasteiger partial charge in [0.2, 0.25) is 0 Å². The van der Waals surface area contributed by atoms with E-state index in [0.29, 0.717) is 0 Å². The molecule has 3 heteroatoms. The highest BCUT2D eigenvalue weighted by molar-refractivity contribution is 6.74. The lowest BCUT2D eigenvalue weighted by molar-refractivity contribution is 0.453. The van der Waals surface area contributed by atoms with Crippen molar-refractivity contribution in [3.05, 3.63) is 54.2 Å². The van der Waals surface area contributed by atoms with Crippen molar-refractivity contribution in [3.63, 3.8) is 0 Å². The fourth-order valence-electron chi connectivity index (χ4n) is 1.82. The fraction of sp³-hybridized carbons (Fsp3) is 0.412. The molecule has 108 valence electrons. The Morgan fingerprint density at radius 2 is 1.65 bits per heavy atom. The van der Waals surface area contributed by atoms with Crippen LogP contribution in [-0.4, -0.2) is 12.9 Å². The van der Waals surface area contributed by atoms with Crippen LogP contribution in [0.15, 0.2) is 48.7 Å². The van der Waals surface area contributed by atoms with Crippen LogP contribution in [0.4, 0.5) is 0 Å². The van der Waals surface area contributed by atoms with Crippen LogP contribution in [0.25, 0.3) is 0 Å². The van der Waals surface area contributed by atoms with Gasteiger partial charge in [0.25, 0.3) is 8.32 Å². The maximum atomic E-state index is 6.41. The Bertz CT molecular complexity index is 552. The zero-order valence-corrected chi connectivity index (χ0v) is 14.2. The molecule has 0 fully saturated rings. The molecule has 0 unspecified atom stereocenters. The summed E-state index contributed by atoms with van der Waals surface area (Å²) in [4.78, 5) is 0. The normalized spacial score (nSPS) is 12.4. The van der Waals surface area contributed by atoms with Gasteiger partial charge >= 0.3 is 0 Å². The molecule has 0 atom stereocenters. The van der Waals surface area contributed by atoms with Gasteiger partial charge in [0, 0.05) is 6.20 Å². The highest BCUT2D eigenvalue weighted by Crippen LogP contribution is 2.37. The molecule has 0 aliphatic rings. The van der Waals surface area contributed by atoms with Crippen LogP contribution in [-0.2, 0) is 6.54 Å². The van der Waals surface area contributed by atoms with E-state index in [1.165, 1.54) is 5.56 Å². The molecule has 0 bridgehead atoms. The third-order valence-corrected chi connectivity index (χ3v) is 8.48. The second-order valence-electron chi connectivity index (χ2n) is 6.82. The lowest BCUT2D eigenvalue weighted by Gasteiger charge is -2.36. The van der Waals surface area contributed by atoms with Gasteiger partial charge in [-0.15, -0.1) is 0 Å². The first-order valence-corrected chi connectivity index (χ1v) is 10.1. The first kappa shape index (κ1) is 14.9. The molecular formula is C17H25NOSi. The highest BCUT2D eigenvalue weighted by atomic mass is 28.4. The summed E-state index contributed by atoms with van der Waals surface area (Å²) in [5.41, 5.74) is 1.30. The van der Waals surface area contributed by atoms with E-state index in [1.54, 1.807) is 0 Å². The van der Waals surface area contributed by atoms with Crippen molar-refractivity contribution in [1.29, 1.82) is 0 Å². The van der Waals surface area contributed by atoms with Gasteiger partial charge in [-0.1, -0.05) is 51.1 Å². The van der Waals surface area contributed by atoms with Crippen LogP contribution in [0.5, 0.6) is 5.88 Å². The average molecular weight is 287 g/mol. The van der Waals surface area contributed by atoms with E-state index in [1.807, 2.05) is 6.07 Å². The second-order valence-corrected chi connectivity index (χ2v) is 11.5. The van der Waals surface area contributed by atoms with E-state index in [2.05, 4.69) is 81.0 Å². The molecule has 1 aromatic heterocycles. The Hall–Kier alpha value is -1.48. The number of hydrogen-bond acceptors (Lipinski definition) is 1. The van der Waals surface area contributed by atoms with E-state index in [-0.39, 0.29) is 5.04 Å². The van der Waals surface area contributed by atoms with Crippen molar-refractivity contribution in [1.82, 2.24) is 4.57 Å². The second kappa shape index (κ2) is 5.48. The van der Waals surface area contributed by atoms with Crippen molar-refractivity contribution >= 4 is 8.32 Å². The van der Waals surface area contributed by atoms with Crippen molar-refractivity contribution < 1.29 is 4.43 Å². The van der Waals surface area contributed by atoms with Gasteiger partial charge in [-0.25, -0.2) is 0 Å². The number of rotatable bonds is 4. The molecule has 20 heavy (non-hydrogen) atoms. The van der Waals surface area contributed by atoms with Crippen molar-refractivity contribution in [2.75, 3.05) is 0 Å². The number of aromatic nitrogens is 1. The third-order valence-electron chi connectivity index (χ3n) is 4.15. The molecule has 0 N–H and O–H groups in total. The maximum Gasteiger partial charge on any atom is 0.252 e. The molecule has 0 aliphatic carbocycles. The summed E-state index contributed by atoms with van der Waals surface area (Å²) >= 11 is 0. The van der Waals surface area contributed by atoms with Gasteiger partial charge in [-0.2, -0.15) is 0 Å². The molecule has 1 aromatic carbocycles. The molecule has 2 rings (SSSR count). The standard InChI is InChI=1S/C17H25NOSi/c1-17(2,3)20(4,5)19-16-12-9-13-18(16)14-15-10-7-6-8-11-15/h6-13H,14H2,1-5H3. The largest absolute Gasteiger partial charge is 0.532 e. The Kier molecular flexibility index (Phi) is 4.09. The van der Waals surface area contributed by atoms with Gasteiger partial charge < -0.3 is 8.99 Å². The molecule has 2 aromatic rings. The first-order chi connectivity index (χ1) is 9.29. The van der Waals surface area contributed by atoms with E-state index in [0.717, 1.165) is 12.4 Å². The van der Waals surface area contributed by atoms with Gasteiger partial charge in [0.1, 0.15) is 0 Å². The number of hydrogen-bond donors (Lipinski definition) is 0. The minimum atomic E-state index is -1.78. The van der Waals surface area contributed by atoms with Crippen LogP contribution < -0.4 is 4.43 Å². The summed E-state index contributed by atoms with van der Waals surface area (Å²) in [6, 6.07) is 14.6. The quantitative estimate of drug-likeness (QED) is 0.728. The van der Waals surface area contributed by atoms with E-state index in [4.69, 9.17) is 4.43 Å². The van der Waals surface area contributed by atoms with Gasteiger partial charge in [0.15, 0.2) is 5.88 Å². The summed E-state index contributed by atoms with van der Waals surface area (Å²) in [5, 5.41) is 0.217. The smallest absolute Gasteiger partial charge is 0.252 e. The van der Waals surface area contributed by atoms with Crippen LogP contribution in [0.1, 0.15) is 26.3 Å². The topological polar surface area (TPSA) is 14.2 Å². The van der Waals surface area contributed by atoms with Gasteiger partial charge in [-0.3, -0.25) is 0 Å². The fourth-order valence-corrected chi connectivity index (χ4v) is 2.83. The zero-order valence-electron chi connectivity index (χ0n) is 13.2. The molecule has 1 heterocycles. The predicted molar refractivity (Wildman–Crippen MR) is 87.8 cm³/mol. The number of nitrogens with zero attached hydrogens (tertiary/aromatic N) is 1. The third kappa shape index (κ3) is 3.34. The molecule has 0 amide bonds. The Labute approximate surface area is 123 Å². The number of benzene rings is 1. The Morgan fingerprint density at radius 3 is 2.25 bits per heavy atom. The molecule has 0 aliphatic heterocycles. The SMILES string of the molecule is CC(C)(C)[Si](C)(C)Oc1cccn1Cc1ccccc1. The van der Waals surface area contributed by atoms with Crippen LogP contribution in [0, 0.1) is 0 Å². The summed E-state index contributed by atoms with van der Waals surface area (Å²) in [6.07, 6.45) is 2.09. The first-order valence-electron chi connectivity index (χ1n) is 7.18. The Balaban J connectivity index is 2.18. The van der Waals surface area contributed by atoms with Crippen LogP contribution in [0.2, 0.25) is 18.1 Å². The Morgan fingerprint density at radius 1 is 1.00 bits per heavy atom. The molecule has 0 saturated heterocycles. The summed E-state index contributed by atoms with van der Waals surface area (Å²) in [5.74, 6) is 0.987. The average Bonchev–Trinajstić information content (AvgIpc) is 2.76.